The number of carbonyl (C=O) groups excluding carboxylic acids is 1. The highest BCUT2D eigenvalue weighted by Gasteiger charge is 2.17. The van der Waals surface area contributed by atoms with Crippen LogP contribution in [-0.2, 0) is 0 Å². The maximum atomic E-state index is 11.9. The second kappa shape index (κ2) is 5.44. The lowest BCUT2D eigenvalue weighted by Gasteiger charge is -2.07. The van der Waals surface area contributed by atoms with E-state index in [0.29, 0.717) is 11.6 Å². The summed E-state index contributed by atoms with van der Waals surface area (Å²) in [5.74, 6) is 0.357. The molecule has 0 N–H and O–H groups in total. The van der Waals surface area contributed by atoms with E-state index in [2.05, 4.69) is 21.0 Å². The second-order valence-electron chi connectivity index (χ2n) is 4.16. The van der Waals surface area contributed by atoms with Gasteiger partial charge in [-0.1, -0.05) is 22.0 Å². The molecule has 100 valence electrons. The number of nitrogens with zero attached hydrogens (tertiary/aromatic N) is 3. The molecule has 2 aromatic rings. The molecule has 1 aromatic heterocycles. The summed E-state index contributed by atoms with van der Waals surface area (Å²) in [7, 11) is 4.93. The zero-order valence-corrected chi connectivity index (χ0v) is 12.5. The number of hydrogen-bond donors (Lipinski definition) is 0. The molecule has 5 nitrogen and oxygen atoms in total. The van der Waals surface area contributed by atoms with Crippen molar-refractivity contribution in [2.75, 3.05) is 21.2 Å². The van der Waals surface area contributed by atoms with Crippen LogP contribution in [0.1, 0.15) is 10.5 Å². The molecule has 0 fully saturated rings. The van der Waals surface area contributed by atoms with Crippen LogP contribution < -0.4 is 4.74 Å². The standard InChI is InChI=1S/C13H14BrN3O2/c1-16(2)13(18)11-8-12(19-3)17(15-11)10-6-4-5-9(14)7-10/h4-8H,1-3H3. The van der Waals surface area contributed by atoms with Gasteiger partial charge in [-0.3, -0.25) is 4.79 Å². The van der Waals surface area contributed by atoms with E-state index < -0.39 is 0 Å². The monoisotopic (exact) mass is 323 g/mol. The van der Waals surface area contributed by atoms with Gasteiger partial charge in [-0.15, -0.1) is 0 Å². The maximum absolute atomic E-state index is 11.9. The van der Waals surface area contributed by atoms with E-state index in [0.717, 1.165) is 10.2 Å². The van der Waals surface area contributed by atoms with Gasteiger partial charge in [-0.2, -0.15) is 5.10 Å². The Bertz CT molecular complexity index is 608. The average Bonchev–Trinajstić information content (AvgIpc) is 2.81. The molecule has 0 aliphatic heterocycles. The number of ether oxygens (including phenoxy) is 1. The first-order valence-electron chi connectivity index (χ1n) is 5.64. The third-order valence-electron chi connectivity index (χ3n) is 2.56. The molecule has 1 amide bonds. The number of amides is 1. The van der Waals surface area contributed by atoms with Gasteiger partial charge in [0, 0.05) is 24.6 Å². The molecule has 0 saturated heterocycles. The summed E-state index contributed by atoms with van der Waals surface area (Å²) in [6.45, 7) is 0. The average molecular weight is 324 g/mol. The van der Waals surface area contributed by atoms with Crippen LogP contribution in [0, 0.1) is 0 Å². The first-order valence-corrected chi connectivity index (χ1v) is 6.44. The summed E-state index contributed by atoms with van der Waals surface area (Å²) >= 11 is 3.41. The molecule has 2 rings (SSSR count). The van der Waals surface area contributed by atoms with Crippen molar-refractivity contribution < 1.29 is 9.53 Å². The number of rotatable bonds is 3. The number of hydrogen-bond acceptors (Lipinski definition) is 3. The Hall–Kier alpha value is -1.82. The van der Waals surface area contributed by atoms with Crippen molar-refractivity contribution >= 4 is 21.8 Å². The first kappa shape index (κ1) is 13.6. The SMILES string of the molecule is COc1cc(C(=O)N(C)C)nn1-c1cccc(Br)c1. The molecule has 1 aromatic carbocycles. The third-order valence-corrected chi connectivity index (χ3v) is 3.06. The fourth-order valence-corrected chi connectivity index (χ4v) is 2.02. The quantitative estimate of drug-likeness (QED) is 0.871. The summed E-state index contributed by atoms with van der Waals surface area (Å²) in [6.07, 6.45) is 0. The molecule has 0 atom stereocenters. The molecule has 0 radical (unpaired) electrons. The number of carbonyl (C=O) groups is 1. The number of aromatic nitrogens is 2. The normalized spacial score (nSPS) is 10.3. The fourth-order valence-electron chi connectivity index (χ4n) is 1.64. The molecule has 0 spiro atoms. The largest absolute Gasteiger partial charge is 0.481 e. The summed E-state index contributed by atoms with van der Waals surface area (Å²) in [5, 5.41) is 4.29. The first-order chi connectivity index (χ1) is 9.02. The van der Waals surface area contributed by atoms with Gasteiger partial charge in [0.2, 0.25) is 5.88 Å². The Kier molecular flexibility index (Phi) is 3.90. The van der Waals surface area contributed by atoms with Crippen LogP contribution in [0.3, 0.4) is 0 Å². The molecule has 0 aliphatic rings. The van der Waals surface area contributed by atoms with Crippen LogP contribution >= 0.6 is 15.9 Å². The minimum absolute atomic E-state index is 0.160. The molecule has 0 bridgehead atoms. The number of methoxy groups -OCH3 is 1. The van der Waals surface area contributed by atoms with Crippen molar-refractivity contribution in [2.24, 2.45) is 0 Å². The van der Waals surface area contributed by atoms with Crippen molar-refractivity contribution in [1.29, 1.82) is 0 Å². The molecule has 6 heteroatoms. The Labute approximate surface area is 119 Å². The lowest BCUT2D eigenvalue weighted by molar-refractivity contribution is 0.0821. The van der Waals surface area contributed by atoms with Crippen LogP contribution in [0.4, 0.5) is 0 Å². The lowest BCUT2D eigenvalue weighted by Crippen LogP contribution is -2.22. The van der Waals surface area contributed by atoms with Crippen molar-refractivity contribution in [3.8, 4) is 11.6 Å². The zero-order valence-electron chi connectivity index (χ0n) is 10.9. The van der Waals surface area contributed by atoms with Gasteiger partial charge in [0.1, 0.15) is 0 Å². The summed E-state index contributed by atoms with van der Waals surface area (Å²) in [6, 6.07) is 9.24. The summed E-state index contributed by atoms with van der Waals surface area (Å²) in [5.41, 5.74) is 1.17. The van der Waals surface area contributed by atoms with Crippen molar-refractivity contribution in [2.45, 2.75) is 0 Å². The predicted octanol–water partition coefficient (Wildman–Crippen LogP) is 2.35. The topological polar surface area (TPSA) is 47.4 Å². The lowest BCUT2D eigenvalue weighted by atomic mass is 10.3. The van der Waals surface area contributed by atoms with Gasteiger partial charge in [0.15, 0.2) is 5.69 Å². The van der Waals surface area contributed by atoms with Crippen LogP contribution in [-0.4, -0.2) is 41.8 Å². The smallest absolute Gasteiger partial charge is 0.273 e. The van der Waals surface area contributed by atoms with E-state index in [9.17, 15) is 4.79 Å². The molecular formula is C13H14BrN3O2. The minimum Gasteiger partial charge on any atom is -0.481 e. The van der Waals surface area contributed by atoms with E-state index >= 15 is 0 Å². The summed E-state index contributed by atoms with van der Waals surface area (Å²) in [4.78, 5) is 13.4. The Morgan fingerprint density at radius 2 is 2.11 bits per heavy atom. The van der Waals surface area contributed by atoms with Gasteiger partial charge in [0.05, 0.1) is 12.8 Å². The Morgan fingerprint density at radius 3 is 2.68 bits per heavy atom. The van der Waals surface area contributed by atoms with E-state index in [-0.39, 0.29) is 5.91 Å². The molecule has 0 unspecified atom stereocenters. The molecule has 0 aliphatic carbocycles. The van der Waals surface area contributed by atoms with E-state index in [1.807, 2.05) is 24.3 Å². The van der Waals surface area contributed by atoms with Crippen LogP contribution in [0.5, 0.6) is 5.88 Å². The Balaban J connectivity index is 2.49. The predicted molar refractivity (Wildman–Crippen MR) is 75.8 cm³/mol. The van der Waals surface area contributed by atoms with Crippen LogP contribution in [0.2, 0.25) is 0 Å². The van der Waals surface area contributed by atoms with Gasteiger partial charge in [0.25, 0.3) is 5.91 Å². The highest BCUT2D eigenvalue weighted by Crippen LogP contribution is 2.22. The van der Waals surface area contributed by atoms with Crippen molar-refractivity contribution in [3.63, 3.8) is 0 Å². The Morgan fingerprint density at radius 1 is 1.37 bits per heavy atom. The molecule has 1 heterocycles. The van der Waals surface area contributed by atoms with Crippen LogP contribution in [0.25, 0.3) is 5.69 Å². The minimum atomic E-state index is -0.160. The van der Waals surface area contributed by atoms with Crippen molar-refractivity contribution in [3.05, 3.63) is 40.5 Å². The number of halogens is 1. The maximum Gasteiger partial charge on any atom is 0.273 e. The van der Waals surface area contributed by atoms with Gasteiger partial charge in [-0.25, -0.2) is 4.68 Å². The summed E-state index contributed by atoms with van der Waals surface area (Å²) < 4.78 is 7.80. The highest BCUT2D eigenvalue weighted by atomic mass is 79.9. The molecular weight excluding hydrogens is 310 g/mol. The third kappa shape index (κ3) is 2.78. The van der Waals surface area contributed by atoms with Crippen molar-refractivity contribution in [1.82, 2.24) is 14.7 Å². The van der Waals surface area contributed by atoms with E-state index in [1.54, 1.807) is 32.0 Å². The fraction of sp³-hybridized carbons (Fsp3) is 0.231. The number of benzene rings is 1. The van der Waals surface area contributed by atoms with Gasteiger partial charge < -0.3 is 9.64 Å². The van der Waals surface area contributed by atoms with Gasteiger partial charge in [-0.05, 0) is 18.2 Å². The zero-order chi connectivity index (χ0) is 14.0. The van der Waals surface area contributed by atoms with Crippen LogP contribution in [0.15, 0.2) is 34.8 Å². The van der Waals surface area contributed by atoms with E-state index in [4.69, 9.17) is 4.74 Å². The molecule has 0 saturated carbocycles. The second-order valence-corrected chi connectivity index (χ2v) is 5.08. The van der Waals surface area contributed by atoms with Gasteiger partial charge >= 0.3 is 0 Å². The molecule has 19 heavy (non-hydrogen) atoms. The van der Waals surface area contributed by atoms with E-state index in [1.165, 1.54) is 4.90 Å². The highest BCUT2D eigenvalue weighted by molar-refractivity contribution is 9.10.